The lowest BCUT2D eigenvalue weighted by Crippen LogP contribution is -2.18. The average Bonchev–Trinajstić information content (AvgIpc) is 3.00. The van der Waals surface area contributed by atoms with Crippen LogP contribution in [-0.4, -0.2) is 27.8 Å². The fourth-order valence-electron chi connectivity index (χ4n) is 2.41. The first-order valence-corrected chi connectivity index (χ1v) is 9.67. The molecule has 0 bridgehead atoms. The van der Waals surface area contributed by atoms with Crippen molar-refractivity contribution in [2.24, 2.45) is 0 Å². The lowest BCUT2D eigenvalue weighted by molar-refractivity contribution is -0.142. The zero-order valence-electron chi connectivity index (χ0n) is 14.2. The number of aryl methyl sites for hydroxylation is 1. The Labute approximate surface area is 153 Å². The van der Waals surface area contributed by atoms with Gasteiger partial charge < -0.3 is 9.72 Å². The van der Waals surface area contributed by atoms with Crippen LogP contribution in [0.2, 0.25) is 0 Å². The molecule has 0 radical (unpaired) electrons. The highest BCUT2D eigenvalue weighted by molar-refractivity contribution is 8.00. The number of carbonyl (C=O) groups is 1. The third-order valence-corrected chi connectivity index (χ3v) is 5.53. The van der Waals surface area contributed by atoms with Gasteiger partial charge in [-0.25, -0.2) is 4.98 Å². The highest BCUT2D eigenvalue weighted by Gasteiger charge is 2.19. The third kappa shape index (κ3) is 3.77. The molecule has 0 saturated heterocycles. The normalized spacial score (nSPS) is 12.3. The van der Waals surface area contributed by atoms with Crippen molar-refractivity contribution in [3.8, 4) is 11.1 Å². The smallest absolute Gasteiger partial charge is 0.319 e. The quantitative estimate of drug-likeness (QED) is 0.415. The number of hydrogen-bond acceptors (Lipinski definition) is 6. The Morgan fingerprint density at radius 3 is 2.76 bits per heavy atom. The van der Waals surface area contributed by atoms with E-state index in [1.54, 1.807) is 13.8 Å². The zero-order valence-corrected chi connectivity index (χ0v) is 15.8. The van der Waals surface area contributed by atoms with E-state index in [9.17, 15) is 9.59 Å². The van der Waals surface area contributed by atoms with E-state index in [0.717, 1.165) is 11.1 Å². The number of nitrogens with one attached hydrogen (secondary N) is 1. The molecule has 0 aliphatic rings. The number of fused-ring (bicyclic) bond motifs is 1. The van der Waals surface area contributed by atoms with E-state index in [-0.39, 0.29) is 11.5 Å². The van der Waals surface area contributed by atoms with Crippen LogP contribution in [-0.2, 0) is 9.53 Å². The van der Waals surface area contributed by atoms with Gasteiger partial charge in [-0.2, -0.15) is 0 Å². The van der Waals surface area contributed by atoms with Crippen molar-refractivity contribution in [1.82, 2.24) is 9.97 Å². The van der Waals surface area contributed by atoms with E-state index < -0.39 is 5.25 Å². The molecule has 5 nitrogen and oxygen atoms in total. The number of H-pyrrole nitrogens is 1. The molecule has 7 heteroatoms. The van der Waals surface area contributed by atoms with Crippen molar-refractivity contribution in [3.63, 3.8) is 0 Å². The van der Waals surface area contributed by atoms with Crippen LogP contribution in [0.25, 0.3) is 21.3 Å². The number of ether oxygens (including phenoxy) is 1. The number of hydrogen-bond donors (Lipinski definition) is 1. The average molecular weight is 374 g/mol. The van der Waals surface area contributed by atoms with Gasteiger partial charge in [0.25, 0.3) is 5.56 Å². The molecule has 1 atom stereocenters. The van der Waals surface area contributed by atoms with Crippen molar-refractivity contribution in [2.45, 2.75) is 31.2 Å². The summed E-state index contributed by atoms with van der Waals surface area (Å²) in [4.78, 5) is 32.3. The van der Waals surface area contributed by atoms with Crippen LogP contribution in [0.1, 0.15) is 19.4 Å². The number of rotatable bonds is 5. The minimum absolute atomic E-state index is 0.194. The van der Waals surface area contributed by atoms with Crippen LogP contribution in [0, 0.1) is 6.92 Å². The number of esters is 1. The highest BCUT2D eigenvalue weighted by Crippen LogP contribution is 2.32. The van der Waals surface area contributed by atoms with Crippen LogP contribution in [0.15, 0.2) is 39.6 Å². The number of benzene rings is 1. The van der Waals surface area contributed by atoms with E-state index in [4.69, 9.17) is 4.74 Å². The van der Waals surface area contributed by atoms with E-state index >= 15 is 0 Å². The summed E-state index contributed by atoms with van der Waals surface area (Å²) in [5.41, 5.74) is 2.84. The van der Waals surface area contributed by atoms with Gasteiger partial charge >= 0.3 is 5.97 Å². The molecular formula is C18H18N2O3S2. The summed E-state index contributed by atoms with van der Waals surface area (Å²) < 4.78 is 4.99. The van der Waals surface area contributed by atoms with Crippen molar-refractivity contribution in [1.29, 1.82) is 0 Å². The molecule has 0 spiro atoms. The van der Waals surface area contributed by atoms with E-state index in [1.807, 2.05) is 36.6 Å². The van der Waals surface area contributed by atoms with Crippen molar-refractivity contribution in [2.75, 3.05) is 6.61 Å². The van der Waals surface area contributed by atoms with Crippen LogP contribution in [0.3, 0.4) is 0 Å². The Kier molecular flexibility index (Phi) is 5.24. The predicted octanol–water partition coefficient (Wildman–Crippen LogP) is 4.00. The molecule has 0 aliphatic carbocycles. The maximum Gasteiger partial charge on any atom is 0.319 e. The maximum atomic E-state index is 12.6. The molecule has 0 fully saturated rings. The molecule has 1 N–H and O–H groups in total. The molecule has 3 aromatic rings. The number of nitrogens with zero attached hydrogens (tertiary/aromatic N) is 1. The zero-order chi connectivity index (χ0) is 18.0. The van der Waals surface area contributed by atoms with Gasteiger partial charge in [0.05, 0.1) is 12.0 Å². The second kappa shape index (κ2) is 7.41. The Hall–Kier alpha value is -2.12. The largest absolute Gasteiger partial charge is 0.465 e. The predicted molar refractivity (Wildman–Crippen MR) is 102 cm³/mol. The van der Waals surface area contributed by atoms with Crippen molar-refractivity contribution < 1.29 is 9.53 Å². The Morgan fingerprint density at radius 2 is 2.08 bits per heavy atom. The molecule has 25 heavy (non-hydrogen) atoms. The summed E-state index contributed by atoms with van der Waals surface area (Å²) in [6.07, 6.45) is 0. The molecule has 0 saturated carbocycles. The number of thioether (sulfide) groups is 1. The minimum atomic E-state index is -0.433. The lowest BCUT2D eigenvalue weighted by Gasteiger charge is -2.09. The van der Waals surface area contributed by atoms with Crippen molar-refractivity contribution >= 4 is 39.3 Å². The molecule has 2 aromatic heterocycles. The summed E-state index contributed by atoms with van der Waals surface area (Å²) in [5.74, 6) is -0.318. The second-order valence-electron chi connectivity index (χ2n) is 5.58. The van der Waals surface area contributed by atoms with Crippen molar-refractivity contribution in [3.05, 3.63) is 45.6 Å². The van der Waals surface area contributed by atoms with Gasteiger partial charge in [0.15, 0.2) is 5.16 Å². The first-order chi connectivity index (χ1) is 12.0. The summed E-state index contributed by atoms with van der Waals surface area (Å²) in [5, 5.41) is 2.52. The maximum absolute atomic E-state index is 12.6. The summed E-state index contributed by atoms with van der Waals surface area (Å²) in [6.45, 7) is 5.86. The Morgan fingerprint density at radius 1 is 1.36 bits per heavy atom. The van der Waals surface area contributed by atoms with Crippen LogP contribution < -0.4 is 5.56 Å². The molecule has 0 amide bonds. The van der Waals surface area contributed by atoms with Gasteiger partial charge in [-0.1, -0.05) is 41.6 Å². The minimum Gasteiger partial charge on any atom is -0.465 e. The number of carbonyl (C=O) groups excluding carboxylic acids is 1. The lowest BCUT2D eigenvalue weighted by atomic mass is 10.1. The summed E-state index contributed by atoms with van der Waals surface area (Å²) in [7, 11) is 0. The monoisotopic (exact) mass is 374 g/mol. The summed E-state index contributed by atoms with van der Waals surface area (Å²) >= 11 is 2.62. The van der Waals surface area contributed by atoms with Crippen LogP contribution in [0.4, 0.5) is 0 Å². The fourth-order valence-corrected chi connectivity index (χ4v) is 4.21. The Balaban J connectivity index is 1.95. The fraction of sp³-hybridized carbons (Fsp3) is 0.278. The van der Waals surface area contributed by atoms with E-state index in [0.29, 0.717) is 22.0 Å². The first kappa shape index (κ1) is 17.7. The number of aromatic nitrogens is 2. The summed E-state index contributed by atoms with van der Waals surface area (Å²) in [6, 6.07) is 8.04. The second-order valence-corrected chi connectivity index (χ2v) is 7.77. The topological polar surface area (TPSA) is 72.0 Å². The molecule has 2 heterocycles. The van der Waals surface area contributed by atoms with Gasteiger partial charge in [0.2, 0.25) is 0 Å². The molecule has 0 aliphatic heterocycles. The van der Waals surface area contributed by atoms with E-state index in [2.05, 4.69) is 9.97 Å². The Bertz CT molecular complexity index is 961. The molecular weight excluding hydrogens is 356 g/mol. The van der Waals surface area contributed by atoms with Crippen LogP contribution in [0.5, 0.6) is 0 Å². The van der Waals surface area contributed by atoms with Gasteiger partial charge in [0, 0.05) is 10.9 Å². The number of thiophene rings is 1. The standard InChI is InChI=1S/C18H18N2O3S2/c1-4-23-17(22)11(3)25-18-19-15(21)14-13(9-24-16(14)20-18)12-7-5-10(2)6-8-12/h5-9,11H,4H2,1-3H3,(H,19,20,21). The van der Waals surface area contributed by atoms with Crippen LogP contribution >= 0.6 is 23.1 Å². The van der Waals surface area contributed by atoms with Gasteiger partial charge in [-0.15, -0.1) is 11.3 Å². The van der Waals surface area contributed by atoms with E-state index in [1.165, 1.54) is 28.7 Å². The SMILES string of the molecule is CCOC(=O)C(C)Sc1nc2scc(-c3ccc(C)cc3)c2c(=O)[nH]1. The van der Waals surface area contributed by atoms with Gasteiger partial charge in [-0.3, -0.25) is 9.59 Å². The molecule has 1 unspecified atom stereocenters. The highest BCUT2D eigenvalue weighted by atomic mass is 32.2. The number of aromatic amines is 1. The van der Waals surface area contributed by atoms with Gasteiger partial charge in [0.1, 0.15) is 10.1 Å². The van der Waals surface area contributed by atoms with Gasteiger partial charge in [-0.05, 0) is 26.3 Å². The molecule has 1 aromatic carbocycles. The first-order valence-electron chi connectivity index (χ1n) is 7.91. The molecule has 3 rings (SSSR count). The third-order valence-electron chi connectivity index (χ3n) is 3.69. The molecule has 130 valence electrons.